The lowest BCUT2D eigenvalue weighted by atomic mass is 9.91. The lowest BCUT2D eigenvalue weighted by Crippen LogP contribution is -2.52. The summed E-state index contributed by atoms with van der Waals surface area (Å²) in [6, 6.07) is 0. The second-order valence-corrected chi connectivity index (χ2v) is 4.72. The molecule has 1 aliphatic heterocycles. The topological polar surface area (TPSA) is 77.8 Å². The fraction of sp³-hybridized carbons (Fsp3) is 0.600. The standard InChI is InChI=1S/C10H12BrF2NO4/c11-4-2-1-3-9(7(15)16)5-10(12,13)6-14(9)8(17)18/h1-2H,3-6H2,(H,15,16)(H,17,18)/b2-1-. The zero-order valence-corrected chi connectivity index (χ0v) is 10.9. The van der Waals surface area contributed by atoms with Gasteiger partial charge < -0.3 is 10.2 Å². The fourth-order valence-electron chi connectivity index (χ4n) is 2.01. The summed E-state index contributed by atoms with van der Waals surface area (Å²) in [7, 11) is 0. The van der Waals surface area contributed by atoms with Gasteiger partial charge in [0.2, 0.25) is 0 Å². The number of rotatable bonds is 4. The minimum absolute atomic E-state index is 0.282. The molecule has 0 aromatic rings. The highest BCUT2D eigenvalue weighted by molar-refractivity contribution is 9.09. The summed E-state index contributed by atoms with van der Waals surface area (Å²) in [5.74, 6) is -4.87. The largest absolute Gasteiger partial charge is 0.479 e. The molecule has 1 heterocycles. The first-order chi connectivity index (χ1) is 8.25. The van der Waals surface area contributed by atoms with Gasteiger partial charge in [-0.15, -0.1) is 0 Å². The fourth-order valence-corrected chi connectivity index (χ4v) is 2.28. The highest BCUT2D eigenvalue weighted by atomic mass is 79.9. The highest BCUT2D eigenvalue weighted by Gasteiger charge is 2.60. The molecule has 0 saturated carbocycles. The molecule has 0 radical (unpaired) electrons. The van der Waals surface area contributed by atoms with Crippen molar-refractivity contribution in [2.24, 2.45) is 0 Å². The quantitative estimate of drug-likeness (QED) is 0.612. The van der Waals surface area contributed by atoms with Crippen molar-refractivity contribution in [1.82, 2.24) is 4.90 Å². The number of carbonyl (C=O) groups is 2. The van der Waals surface area contributed by atoms with Gasteiger partial charge in [0.05, 0.1) is 6.54 Å². The van der Waals surface area contributed by atoms with Crippen molar-refractivity contribution in [1.29, 1.82) is 0 Å². The van der Waals surface area contributed by atoms with Crippen LogP contribution in [0.4, 0.5) is 13.6 Å². The Kier molecular flexibility index (Phi) is 4.31. The van der Waals surface area contributed by atoms with Crippen molar-refractivity contribution in [2.75, 3.05) is 11.9 Å². The number of allylic oxidation sites excluding steroid dienone is 1. The number of alkyl halides is 3. The molecule has 0 spiro atoms. The van der Waals surface area contributed by atoms with Crippen LogP contribution in [0.15, 0.2) is 12.2 Å². The Bertz CT molecular complexity index is 388. The lowest BCUT2D eigenvalue weighted by molar-refractivity contribution is -0.149. The zero-order valence-electron chi connectivity index (χ0n) is 9.28. The van der Waals surface area contributed by atoms with Crippen LogP contribution in [-0.4, -0.2) is 50.5 Å². The van der Waals surface area contributed by atoms with Crippen LogP contribution in [0.3, 0.4) is 0 Å². The minimum Gasteiger partial charge on any atom is -0.479 e. The molecule has 8 heteroatoms. The van der Waals surface area contributed by atoms with Gasteiger partial charge in [0.1, 0.15) is 0 Å². The number of amides is 1. The smallest absolute Gasteiger partial charge is 0.408 e. The summed E-state index contributed by atoms with van der Waals surface area (Å²) < 4.78 is 26.6. The predicted molar refractivity (Wildman–Crippen MR) is 62.2 cm³/mol. The first-order valence-corrected chi connectivity index (χ1v) is 6.20. The van der Waals surface area contributed by atoms with E-state index in [-0.39, 0.29) is 6.42 Å². The molecule has 0 bridgehead atoms. The van der Waals surface area contributed by atoms with Crippen LogP contribution >= 0.6 is 15.9 Å². The first-order valence-electron chi connectivity index (χ1n) is 5.08. The number of halogens is 3. The number of hydrogen-bond donors (Lipinski definition) is 2. The average Bonchev–Trinajstić information content (AvgIpc) is 2.52. The summed E-state index contributed by atoms with van der Waals surface area (Å²) in [5.41, 5.74) is -2.09. The third-order valence-electron chi connectivity index (χ3n) is 2.80. The van der Waals surface area contributed by atoms with Gasteiger partial charge >= 0.3 is 12.1 Å². The van der Waals surface area contributed by atoms with Gasteiger partial charge in [-0.05, 0) is 6.42 Å². The summed E-state index contributed by atoms with van der Waals surface area (Å²) in [6.07, 6.45) is -0.00677. The van der Waals surface area contributed by atoms with Crippen LogP contribution in [-0.2, 0) is 4.79 Å². The van der Waals surface area contributed by atoms with Gasteiger partial charge in [0.25, 0.3) is 5.92 Å². The van der Waals surface area contributed by atoms with Gasteiger partial charge in [0.15, 0.2) is 5.54 Å². The van der Waals surface area contributed by atoms with Crippen molar-refractivity contribution < 1.29 is 28.6 Å². The molecule has 0 aromatic carbocycles. The van der Waals surface area contributed by atoms with E-state index in [1.807, 2.05) is 0 Å². The molecule has 0 aliphatic carbocycles. The van der Waals surface area contributed by atoms with Gasteiger partial charge in [-0.1, -0.05) is 28.1 Å². The molecule has 102 valence electrons. The Labute approximate surface area is 110 Å². The second-order valence-electron chi connectivity index (χ2n) is 4.07. The van der Waals surface area contributed by atoms with Gasteiger partial charge in [0, 0.05) is 11.8 Å². The van der Waals surface area contributed by atoms with E-state index in [1.54, 1.807) is 6.08 Å². The third kappa shape index (κ3) is 2.80. The molecule has 18 heavy (non-hydrogen) atoms. The number of carboxylic acid groups (broad SMARTS) is 2. The van der Waals surface area contributed by atoms with Crippen LogP contribution in [0.2, 0.25) is 0 Å². The van der Waals surface area contributed by atoms with Gasteiger partial charge in [-0.25, -0.2) is 18.4 Å². The van der Waals surface area contributed by atoms with Crippen molar-refractivity contribution >= 4 is 28.0 Å². The third-order valence-corrected chi connectivity index (χ3v) is 3.17. The molecular formula is C10H12BrF2NO4. The molecule has 1 rings (SSSR count). The summed E-state index contributed by atoms with van der Waals surface area (Å²) in [6.45, 7) is -1.09. The normalized spacial score (nSPS) is 26.7. The molecule has 1 fully saturated rings. The van der Waals surface area contributed by atoms with E-state index < -0.39 is 36.5 Å². The summed E-state index contributed by atoms with van der Waals surface area (Å²) in [4.78, 5) is 22.5. The number of hydrogen-bond acceptors (Lipinski definition) is 2. The molecule has 5 nitrogen and oxygen atoms in total. The number of nitrogens with zero attached hydrogens (tertiary/aromatic N) is 1. The van der Waals surface area contributed by atoms with Crippen LogP contribution in [0.5, 0.6) is 0 Å². The molecule has 1 atom stereocenters. The van der Waals surface area contributed by atoms with E-state index in [0.717, 1.165) is 0 Å². The van der Waals surface area contributed by atoms with Crippen LogP contribution in [0.1, 0.15) is 12.8 Å². The monoisotopic (exact) mass is 327 g/mol. The number of carboxylic acids is 1. The molecule has 1 aliphatic rings. The molecule has 2 N–H and O–H groups in total. The van der Waals surface area contributed by atoms with E-state index in [9.17, 15) is 18.4 Å². The Morgan fingerprint density at radius 1 is 1.33 bits per heavy atom. The van der Waals surface area contributed by atoms with Gasteiger partial charge in [-0.3, -0.25) is 4.90 Å². The van der Waals surface area contributed by atoms with Gasteiger partial charge in [-0.2, -0.15) is 0 Å². The maximum absolute atomic E-state index is 13.3. The molecular weight excluding hydrogens is 316 g/mol. The van der Waals surface area contributed by atoms with Crippen molar-refractivity contribution in [3.8, 4) is 0 Å². The summed E-state index contributed by atoms with van der Waals surface area (Å²) in [5, 5.41) is 18.4. The van der Waals surface area contributed by atoms with Crippen LogP contribution < -0.4 is 0 Å². The lowest BCUT2D eigenvalue weighted by Gasteiger charge is -2.30. The van der Waals surface area contributed by atoms with Crippen LogP contribution in [0.25, 0.3) is 0 Å². The zero-order chi connectivity index (χ0) is 14.0. The first kappa shape index (κ1) is 14.9. The Balaban J connectivity index is 3.10. The van der Waals surface area contributed by atoms with Crippen LogP contribution in [0, 0.1) is 0 Å². The van der Waals surface area contributed by atoms with Crippen molar-refractivity contribution in [3.63, 3.8) is 0 Å². The molecule has 1 amide bonds. The van der Waals surface area contributed by atoms with E-state index in [2.05, 4.69) is 15.9 Å². The molecule has 1 unspecified atom stereocenters. The van der Waals surface area contributed by atoms with Crippen molar-refractivity contribution in [2.45, 2.75) is 24.3 Å². The maximum atomic E-state index is 13.3. The average molecular weight is 328 g/mol. The SMILES string of the molecule is O=C(O)N1CC(F)(F)CC1(C/C=C\CBr)C(=O)O. The maximum Gasteiger partial charge on any atom is 0.408 e. The number of aliphatic carboxylic acids is 1. The predicted octanol–water partition coefficient (Wildman–Crippen LogP) is 2.17. The van der Waals surface area contributed by atoms with E-state index in [4.69, 9.17) is 10.2 Å². The Morgan fingerprint density at radius 2 is 1.94 bits per heavy atom. The Morgan fingerprint density at radius 3 is 2.39 bits per heavy atom. The van der Waals surface area contributed by atoms with Crippen molar-refractivity contribution in [3.05, 3.63) is 12.2 Å². The second kappa shape index (κ2) is 5.21. The highest BCUT2D eigenvalue weighted by Crippen LogP contribution is 2.42. The van der Waals surface area contributed by atoms with E-state index in [1.165, 1.54) is 6.08 Å². The summed E-state index contributed by atoms with van der Waals surface area (Å²) >= 11 is 3.07. The number of likely N-dealkylation sites (tertiary alicyclic amines) is 1. The molecule has 0 aromatic heterocycles. The van der Waals surface area contributed by atoms with E-state index >= 15 is 0 Å². The Hall–Kier alpha value is -1.18. The molecule has 1 saturated heterocycles. The minimum atomic E-state index is -3.32. The van der Waals surface area contributed by atoms with E-state index in [0.29, 0.717) is 10.2 Å².